The van der Waals surface area contributed by atoms with Crippen molar-refractivity contribution in [3.05, 3.63) is 0 Å². The Hall–Kier alpha value is -0.940. The second-order valence-corrected chi connectivity index (χ2v) is 1.06. The molecule has 0 rings (SSSR count). The molecular weight excluding hydrogens is 139 g/mol. The molecule has 0 bridgehead atoms. The van der Waals surface area contributed by atoms with Crippen LogP contribution in [0.1, 0.15) is 0 Å². The van der Waals surface area contributed by atoms with Crippen LogP contribution in [0.2, 0.25) is 0 Å². The smallest absolute Gasteiger partial charge is 0.442 e. The largest absolute Gasteiger partial charge is 0.451 e. The van der Waals surface area contributed by atoms with E-state index in [9.17, 15) is 18.1 Å². The lowest BCUT2D eigenvalue weighted by molar-refractivity contribution is -0.121. The van der Waals surface area contributed by atoms with Gasteiger partial charge in [0.05, 0.1) is 7.11 Å². The number of amides is 1. The zero-order chi connectivity index (χ0) is 7.44. The van der Waals surface area contributed by atoms with E-state index in [-0.39, 0.29) is 0 Å². The molecule has 0 saturated carbocycles. The third kappa shape index (κ3) is 2.20. The van der Waals surface area contributed by atoms with E-state index < -0.39 is 17.8 Å². The van der Waals surface area contributed by atoms with Crippen molar-refractivity contribution in [1.82, 2.24) is 5.12 Å². The first-order valence-corrected chi connectivity index (χ1v) is 1.90. The van der Waals surface area contributed by atoms with Crippen LogP contribution >= 0.6 is 0 Å². The van der Waals surface area contributed by atoms with Gasteiger partial charge in [-0.15, -0.1) is 0 Å². The highest BCUT2D eigenvalue weighted by Gasteiger charge is 2.22. The van der Waals surface area contributed by atoms with Crippen LogP contribution in [0.5, 0.6) is 0 Å². The molecule has 0 aromatic heterocycles. The van der Waals surface area contributed by atoms with Gasteiger partial charge in [0.25, 0.3) is 0 Å². The van der Waals surface area contributed by atoms with Crippen molar-refractivity contribution in [1.29, 1.82) is 0 Å². The maximum Gasteiger partial charge on any atom is 0.442 e. The number of hydrogen-bond acceptors (Lipinski definition) is 2. The van der Waals surface area contributed by atoms with Crippen molar-refractivity contribution in [2.45, 2.75) is 6.55 Å². The van der Waals surface area contributed by atoms with E-state index in [1.54, 1.807) is 0 Å². The molecule has 0 aliphatic rings. The van der Waals surface area contributed by atoms with Crippen molar-refractivity contribution < 1.29 is 22.8 Å². The van der Waals surface area contributed by atoms with Crippen molar-refractivity contribution >= 4 is 6.09 Å². The Kier molecular flexibility index (Phi) is 2.83. The Morgan fingerprint density at radius 1 is 1.67 bits per heavy atom. The molecule has 54 valence electrons. The fraction of sp³-hybridized carbons (Fsp3) is 0.667. The molecule has 0 fully saturated rings. The number of ether oxygens (including phenoxy) is 1. The summed E-state index contributed by atoms with van der Waals surface area (Å²) in [4.78, 5) is 9.80. The number of methoxy groups -OCH3 is 1. The van der Waals surface area contributed by atoms with Gasteiger partial charge < -0.3 is 4.74 Å². The molecule has 0 aliphatic carbocycles. The van der Waals surface area contributed by atoms with E-state index in [0.29, 0.717) is 0 Å². The Bertz CT molecular complexity index is 107. The number of hydrogen-bond donors (Lipinski definition) is 0. The van der Waals surface area contributed by atoms with Gasteiger partial charge in [-0.1, -0.05) is 9.60 Å². The summed E-state index contributed by atoms with van der Waals surface area (Å²) < 4.78 is 37.4. The Balaban J connectivity index is 3.72. The Morgan fingerprint density at radius 2 is 2.11 bits per heavy atom. The standard InChI is InChI=1S/C3H4F3NO2/c1-9-3(8)7(6)2(4)5/h2H,1H3. The summed E-state index contributed by atoms with van der Waals surface area (Å²) in [5, 5.41) is -1.31. The summed E-state index contributed by atoms with van der Waals surface area (Å²) in [5.74, 6) is 0. The van der Waals surface area contributed by atoms with E-state index in [2.05, 4.69) is 4.74 Å². The SMILES string of the molecule is COC(=O)N(F)C(F)F. The average molecular weight is 143 g/mol. The molecule has 0 saturated heterocycles. The maximum atomic E-state index is 11.5. The molecule has 0 radical (unpaired) electrons. The number of halogens is 3. The fourth-order valence-corrected chi connectivity index (χ4v) is 0.167. The molecule has 0 atom stereocenters. The second kappa shape index (κ2) is 3.16. The monoisotopic (exact) mass is 143 g/mol. The summed E-state index contributed by atoms with van der Waals surface area (Å²) in [7, 11) is 0.803. The molecule has 0 aromatic rings. The molecule has 0 N–H and O–H groups in total. The minimum Gasteiger partial charge on any atom is -0.451 e. The third-order valence-corrected chi connectivity index (χ3v) is 0.520. The number of alkyl halides is 2. The topological polar surface area (TPSA) is 29.5 Å². The van der Waals surface area contributed by atoms with Crippen LogP contribution in [0.15, 0.2) is 0 Å². The van der Waals surface area contributed by atoms with Crippen LogP contribution in [0, 0.1) is 0 Å². The van der Waals surface area contributed by atoms with Gasteiger partial charge in [0.2, 0.25) is 0 Å². The van der Waals surface area contributed by atoms with Crippen LogP contribution < -0.4 is 0 Å². The highest BCUT2D eigenvalue weighted by molar-refractivity contribution is 5.65. The minimum absolute atomic E-state index is 0.803. The van der Waals surface area contributed by atoms with E-state index in [4.69, 9.17) is 0 Å². The van der Waals surface area contributed by atoms with Crippen molar-refractivity contribution in [2.75, 3.05) is 7.11 Å². The van der Waals surface area contributed by atoms with E-state index >= 15 is 0 Å². The predicted molar refractivity (Wildman–Crippen MR) is 21.4 cm³/mol. The number of carbonyl (C=O) groups excluding carboxylic acids is 1. The van der Waals surface area contributed by atoms with Gasteiger partial charge in [-0.2, -0.15) is 8.78 Å². The number of nitrogens with zero attached hydrogens (tertiary/aromatic N) is 1. The zero-order valence-corrected chi connectivity index (χ0v) is 4.47. The molecule has 0 unspecified atom stereocenters. The fourth-order valence-electron chi connectivity index (χ4n) is 0.167. The lowest BCUT2D eigenvalue weighted by Crippen LogP contribution is -2.27. The summed E-state index contributed by atoms with van der Waals surface area (Å²) in [6.07, 6.45) is -1.70. The molecule has 9 heavy (non-hydrogen) atoms. The zero-order valence-electron chi connectivity index (χ0n) is 4.47. The first-order chi connectivity index (χ1) is 4.09. The maximum absolute atomic E-state index is 11.5. The number of rotatable bonds is 1. The normalized spacial score (nSPS) is 9.44. The van der Waals surface area contributed by atoms with Gasteiger partial charge >= 0.3 is 12.6 Å². The second-order valence-electron chi connectivity index (χ2n) is 1.06. The van der Waals surface area contributed by atoms with E-state index in [1.165, 1.54) is 0 Å². The van der Waals surface area contributed by atoms with E-state index in [1.807, 2.05) is 0 Å². The Morgan fingerprint density at radius 3 is 2.22 bits per heavy atom. The highest BCUT2D eigenvalue weighted by atomic mass is 19.3. The molecule has 1 amide bonds. The van der Waals surface area contributed by atoms with Crippen LogP contribution in [0.4, 0.5) is 18.1 Å². The van der Waals surface area contributed by atoms with Crippen LogP contribution in [-0.2, 0) is 4.74 Å². The molecule has 6 heteroatoms. The summed E-state index contributed by atoms with van der Waals surface area (Å²) in [5.41, 5.74) is 0. The highest BCUT2D eigenvalue weighted by Crippen LogP contribution is 2.04. The lowest BCUT2D eigenvalue weighted by atomic mass is 11.0. The average Bonchev–Trinajstić information content (AvgIpc) is 1.84. The van der Waals surface area contributed by atoms with Crippen LogP contribution in [-0.4, -0.2) is 24.9 Å². The molecule has 3 nitrogen and oxygen atoms in total. The van der Waals surface area contributed by atoms with Gasteiger partial charge in [-0.3, -0.25) is 0 Å². The summed E-state index contributed by atoms with van der Waals surface area (Å²) >= 11 is 0. The summed E-state index contributed by atoms with van der Waals surface area (Å²) in [6, 6.07) is 0. The molecule has 0 aliphatic heterocycles. The van der Waals surface area contributed by atoms with Gasteiger partial charge in [-0.25, -0.2) is 4.79 Å². The van der Waals surface area contributed by atoms with Gasteiger partial charge in [0.15, 0.2) is 0 Å². The third-order valence-electron chi connectivity index (χ3n) is 0.520. The van der Waals surface area contributed by atoms with Crippen molar-refractivity contribution in [3.8, 4) is 0 Å². The van der Waals surface area contributed by atoms with Gasteiger partial charge in [0, 0.05) is 0 Å². The minimum atomic E-state index is -3.46. The van der Waals surface area contributed by atoms with Gasteiger partial charge in [-0.05, 0) is 0 Å². The predicted octanol–water partition coefficient (Wildman–Crippen LogP) is 1.16. The van der Waals surface area contributed by atoms with Crippen LogP contribution in [0.3, 0.4) is 0 Å². The molecule has 0 heterocycles. The Labute approximate surface area is 48.9 Å². The quantitative estimate of drug-likeness (QED) is 0.407. The molecule has 0 aromatic carbocycles. The van der Waals surface area contributed by atoms with Crippen molar-refractivity contribution in [2.24, 2.45) is 0 Å². The first-order valence-electron chi connectivity index (χ1n) is 1.90. The first kappa shape index (κ1) is 8.06. The van der Waals surface area contributed by atoms with Crippen LogP contribution in [0.25, 0.3) is 0 Å². The molecular formula is C3H4F3NO2. The number of carbonyl (C=O) groups is 1. The summed E-state index contributed by atoms with van der Waals surface area (Å²) in [6.45, 7) is -3.46. The molecule has 0 spiro atoms. The van der Waals surface area contributed by atoms with Gasteiger partial charge in [0.1, 0.15) is 0 Å². The lowest BCUT2D eigenvalue weighted by Gasteiger charge is -2.06. The van der Waals surface area contributed by atoms with E-state index in [0.717, 1.165) is 7.11 Å². The van der Waals surface area contributed by atoms with Crippen molar-refractivity contribution in [3.63, 3.8) is 0 Å².